The summed E-state index contributed by atoms with van der Waals surface area (Å²) < 4.78 is 5.47. The first kappa shape index (κ1) is 15.9. The number of rotatable bonds is 4. The third-order valence-corrected chi connectivity index (χ3v) is 4.86. The minimum atomic E-state index is -1.20. The number of anilines is 1. The Morgan fingerprint density at radius 2 is 1.92 bits per heavy atom. The number of carbonyl (C=O) groups is 3. The fraction of sp³-hybridized carbons (Fsp3) is 0.118. The molecule has 2 N–H and O–H groups in total. The summed E-state index contributed by atoms with van der Waals surface area (Å²) in [7, 11) is 0. The van der Waals surface area contributed by atoms with E-state index in [1.807, 2.05) is 6.07 Å². The van der Waals surface area contributed by atoms with E-state index in [-0.39, 0.29) is 22.1 Å². The number of carboxylic acid groups (broad SMARTS) is 1. The molecule has 1 amide bonds. The Bertz CT molecular complexity index is 949. The Balaban J connectivity index is 1.98. The number of benzene rings is 1. The summed E-state index contributed by atoms with van der Waals surface area (Å²) >= 11 is 0.948. The molecule has 0 aliphatic carbocycles. The van der Waals surface area contributed by atoms with Crippen LogP contribution in [0, 0.1) is 6.92 Å². The monoisotopic (exact) mass is 343 g/mol. The van der Waals surface area contributed by atoms with Crippen LogP contribution in [0.3, 0.4) is 0 Å². The first-order valence-corrected chi connectivity index (χ1v) is 7.87. The van der Waals surface area contributed by atoms with Gasteiger partial charge in [0.2, 0.25) is 0 Å². The molecule has 0 saturated carbocycles. The van der Waals surface area contributed by atoms with Gasteiger partial charge < -0.3 is 14.8 Å². The molecule has 2 heterocycles. The van der Waals surface area contributed by atoms with Crippen molar-refractivity contribution in [3.63, 3.8) is 0 Å². The van der Waals surface area contributed by atoms with Crippen molar-refractivity contribution in [2.45, 2.75) is 13.8 Å². The first-order valence-electron chi connectivity index (χ1n) is 7.06. The van der Waals surface area contributed by atoms with Crippen molar-refractivity contribution in [1.29, 1.82) is 0 Å². The normalized spacial score (nSPS) is 10.8. The Kier molecular flexibility index (Phi) is 3.94. The summed E-state index contributed by atoms with van der Waals surface area (Å²) in [6.45, 7) is 2.91. The standard InChI is InChI=1S/C17H13NO5S/c1-8-13(17(21)22)16(24-14(8)9(2)19)18-15(20)12-7-10-5-3-4-6-11(10)23-12/h3-7H,1-2H3,(H,18,20)(H,21,22). The van der Waals surface area contributed by atoms with Crippen molar-refractivity contribution in [3.8, 4) is 0 Å². The number of carboxylic acids is 1. The number of ketones is 1. The van der Waals surface area contributed by atoms with Crippen LogP contribution in [0.1, 0.15) is 43.1 Å². The molecule has 0 radical (unpaired) electrons. The quantitative estimate of drug-likeness (QED) is 0.699. The average Bonchev–Trinajstić information content (AvgIpc) is 3.08. The van der Waals surface area contributed by atoms with Crippen molar-refractivity contribution in [2.75, 3.05) is 5.32 Å². The highest BCUT2D eigenvalue weighted by Crippen LogP contribution is 2.34. The zero-order valence-corrected chi connectivity index (χ0v) is 13.7. The highest BCUT2D eigenvalue weighted by atomic mass is 32.1. The van der Waals surface area contributed by atoms with Gasteiger partial charge in [-0.2, -0.15) is 0 Å². The van der Waals surface area contributed by atoms with Gasteiger partial charge in [0.05, 0.1) is 10.4 Å². The lowest BCUT2D eigenvalue weighted by Gasteiger charge is -2.02. The highest BCUT2D eigenvalue weighted by Gasteiger charge is 2.25. The molecule has 6 nitrogen and oxygen atoms in total. The molecular weight excluding hydrogens is 330 g/mol. The molecule has 0 spiro atoms. The molecule has 0 unspecified atom stereocenters. The maximum Gasteiger partial charge on any atom is 0.339 e. The van der Waals surface area contributed by atoms with Crippen LogP contribution in [0.15, 0.2) is 34.7 Å². The Morgan fingerprint density at radius 3 is 2.54 bits per heavy atom. The van der Waals surface area contributed by atoms with E-state index in [9.17, 15) is 19.5 Å². The zero-order valence-electron chi connectivity index (χ0n) is 12.9. The molecule has 0 aliphatic heterocycles. The van der Waals surface area contributed by atoms with Crippen molar-refractivity contribution in [1.82, 2.24) is 0 Å². The molecule has 3 aromatic rings. The number of nitrogens with one attached hydrogen (secondary N) is 1. The van der Waals surface area contributed by atoms with Crippen molar-refractivity contribution in [2.24, 2.45) is 0 Å². The number of aromatic carboxylic acids is 1. The molecular formula is C17H13NO5S. The van der Waals surface area contributed by atoms with Gasteiger partial charge in [0, 0.05) is 5.39 Å². The van der Waals surface area contributed by atoms with E-state index in [1.54, 1.807) is 31.2 Å². The van der Waals surface area contributed by atoms with E-state index < -0.39 is 11.9 Å². The number of Topliss-reactive ketones (excluding diaryl/α,β-unsaturated/α-hetero) is 1. The lowest BCUT2D eigenvalue weighted by Crippen LogP contribution is -2.12. The molecule has 0 atom stereocenters. The summed E-state index contributed by atoms with van der Waals surface area (Å²) in [6.07, 6.45) is 0. The summed E-state index contributed by atoms with van der Waals surface area (Å²) in [5, 5.41) is 12.8. The van der Waals surface area contributed by atoms with Crippen LogP contribution < -0.4 is 5.32 Å². The topological polar surface area (TPSA) is 96.6 Å². The van der Waals surface area contributed by atoms with Crippen molar-refractivity contribution < 1.29 is 23.9 Å². The molecule has 24 heavy (non-hydrogen) atoms. The SMILES string of the molecule is CC(=O)c1sc(NC(=O)c2cc3ccccc3o2)c(C(=O)O)c1C. The molecule has 0 bridgehead atoms. The van der Waals surface area contributed by atoms with Crippen LogP contribution in [-0.4, -0.2) is 22.8 Å². The number of carbonyl (C=O) groups excluding carboxylic acids is 2. The second kappa shape index (κ2) is 5.93. The number of amides is 1. The van der Waals surface area contributed by atoms with Gasteiger partial charge >= 0.3 is 5.97 Å². The van der Waals surface area contributed by atoms with Crippen LogP contribution >= 0.6 is 11.3 Å². The van der Waals surface area contributed by atoms with E-state index in [0.717, 1.165) is 16.7 Å². The van der Waals surface area contributed by atoms with E-state index in [4.69, 9.17) is 4.42 Å². The fourth-order valence-corrected chi connectivity index (χ4v) is 3.54. The number of fused-ring (bicyclic) bond motifs is 1. The average molecular weight is 343 g/mol. The first-order chi connectivity index (χ1) is 11.4. The maximum atomic E-state index is 12.4. The van der Waals surface area contributed by atoms with Gasteiger partial charge in [0.25, 0.3) is 5.91 Å². The van der Waals surface area contributed by atoms with Crippen LogP contribution in [0.25, 0.3) is 11.0 Å². The molecule has 7 heteroatoms. The summed E-state index contributed by atoms with van der Waals surface area (Å²) in [5.41, 5.74) is 0.836. The predicted octanol–water partition coefficient (Wildman–Crippen LogP) is 3.96. The van der Waals surface area contributed by atoms with Gasteiger partial charge in [0.15, 0.2) is 11.5 Å². The van der Waals surface area contributed by atoms with Crippen LogP contribution in [-0.2, 0) is 0 Å². The van der Waals surface area contributed by atoms with Crippen molar-refractivity contribution >= 4 is 45.0 Å². The molecule has 122 valence electrons. The summed E-state index contributed by atoms with van der Waals surface area (Å²) in [5.74, 6) is -1.94. The molecule has 0 aliphatic rings. The van der Waals surface area contributed by atoms with Gasteiger partial charge in [-0.1, -0.05) is 18.2 Å². The van der Waals surface area contributed by atoms with Crippen LogP contribution in [0.5, 0.6) is 0 Å². The van der Waals surface area contributed by atoms with Gasteiger partial charge in [-0.05, 0) is 31.5 Å². The van der Waals surface area contributed by atoms with Gasteiger partial charge in [-0.15, -0.1) is 11.3 Å². The Hall–Kier alpha value is -2.93. The van der Waals surface area contributed by atoms with Gasteiger partial charge in [-0.25, -0.2) is 4.79 Å². The lowest BCUT2D eigenvalue weighted by molar-refractivity contribution is 0.0697. The second-order valence-electron chi connectivity index (χ2n) is 5.22. The molecule has 1 aromatic carbocycles. The van der Waals surface area contributed by atoms with E-state index in [0.29, 0.717) is 16.0 Å². The van der Waals surface area contributed by atoms with Gasteiger partial charge in [-0.3, -0.25) is 9.59 Å². The van der Waals surface area contributed by atoms with Gasteiger partial charge in [0.1, 0.15) is 10.6 Å². The zero-order chi connectivity index (χ0) is 17.4. The Labute approximate surface area is 140 Å². The minimum absolute atomic E-state index is 0.0722. The van der Waals surface area contributed by atoms with E-state index in [1.165, 1.54) is 6.92 Å². The molecule has 0 saturated heterocycles. The second-order valence-corrected chi connectivity index (χ2v) is 6.24. The summed E-state index contributed by atoms with van der Waals surface area (Å²) in [6, 6.07) is 8.73. The smallest absolute Gasteiger partial charge is 0.339 e. The largest absolute Gasteiger partial charge is 0.478 e. The van der Waals surface area contributed by atoms with E-state index >= 15 is 0 Å². The van der Waals surface area contributed by atoms with E-state index in [2.05, 4.69) is 5.32 Å². The maximum absolute atomic E-state index is 12.4. The molecule has 2 aromatic heterocycles. The van der Waals surface area contributed by atoms with Crippen LogP contribution in [0.2, 0.25) is 0 Å². The van der Waals surface area contributed by atoms with Crippen LogP contribution in [0.4, 0.5) is 5.00 Å². The third-order valence-electron chi connectivity index (χ3n) is 3.56. The van der Waals surface area contributed by atoms with Crippen molar-refractivity contribution in [3.05, 3.63) is 52.1 Å². The highest BCUT2D eigenvalue weighted by molar-refractivity contribution is 7.18. The molecule has 3 rings (SSSR count). The number of hydrogen-bond donors (Lipinski definition) is 2. The fourth-order valence-electron chi connectivity index (χ4n) is 2.45. The number of para-hydroxylation sites is 1. The number of furan rings is 1. The minimum Gasteiger partial charge on any atom is -0.478 e. The Morgan fingerprint density at radius 1 is 1.21 bits per heavy atom. The number of hydrogen-bond acceptors (Lipinski definition) is 5. The third kappa shape index (κ3) is 2.69. The predicted molar refractivity (Wildman–Crippen MR) is 90.2 cm³/mol. The molecule has 0 fully saturated rings. The number of thiophene rings is 1. The summed E-state index contributed by atoms with van der Waals surface area (Å²) in [4.78, 5) is 35.8. The lowest BCUT2D eigenvalue weighted by atomic mass is 10.1.